The van der Waals surface area contributed by atoms with Crippen molar-refractivity contribution in [2.45, 2.75) is 39.2 Å². The Kier molecular flexibility index (Phi) is 8.81. The molecule has 0 aromatic heterocycles. The van der Waals surface area contributed by atoms with Crippen LogP contribution in [0.15, 0.2) is 4.99 Å². The minimum absolute atomic E-state index is 0.0694. The lowest BCUT2D eigenvalue weighted by Crippen LogP contribution is -2.39. The molecule has 0 fully saturated rings. The highest BCUT2D eigenvalue weighted by Crippen LogP contribution is 2.01. The molecule has 0 aliphatic carbocycles. The maximum absolute atomic E-state index is 11.8. The fourth-order valence-corrected chi connectivity index (χ4v) is 1.82. The van der Waals surface area contributed by atoms with Crippen molar-refractivity contribution in [2.75, 3.05) is 27.2 Å². The Morgan fingerprint density at radius 3 is 2.18 bits per heavy atom. The number of carbonyl (C=O) groups is 2. The zero-order valence-corrected chi connectivity index (χ0v) is 13.9. The van der Waals surface area contributed by atoms with Crippen LogP contribution in [0.3, 0.4) is 0 Å². The van der Waals surface area contributed by atoms with Crippen molar-refractivity contribution in [2.24, 2.45) is 16.5 Å². The third kappa shape index (κ3) is 8.23. The van der Waals surface area contributed by atoms with Gasteiger partial charge in [-0.25, -0.2) is 4.99 Å². The molecule has 0 saturated carbocycles. The first-order chi connectivity index (χ1) is 10.2. The molecule has 5 N–H and O–H groups in total. The van der Waals surface area contributed by atoms with E-state index in [1.54, 1.807) is 25.9 Å². The summed E-state index contributed by atoms with van der Waals surface area (Å²) >= 11 is 0. The first kappa shape index (κ1) is 19.9. The maximum atomic E-state index is 11.8. The molecule has 8 nitrogen and oxygen atoms in total. The number of Topliss-reactive ketones (excluding diaryl/α,β-unsaturated/α-hetero) is 2. The van der Waals surface area contributed by atoms with Gasteiger partial charge in [-0.3, -0.25) is 15.0 Å². The third-order valence-corrected chi connectivity index (χ3v) is 3.03. The predicted molar refractivity (Wildman–Crippen MR) is 87.8 cm³/mol. The van der Waals surface area contributed by atoms with Gasteiger partial charge in [0, 0.05) is 26.9 Å². The molecule has 0 heterocycles. The van der Waals surface area contributed by atoms with Crippen LogP contribution in [0.25, 0.3) is 0 Å². The van der Waals surface area contributed by atoms with Crippen molar-refractivity contribution < 1.29 is 9.59 Å². The molecule has 0 bridgehead atoms. The first-order valence-electron chi connectivity index (χ1n) is 7.30. The number of likely N-dealkylation sites (N-methyl/N-ethyl adjacent to an activating group) is 2. The third-order valence-electron chi connectivity index (χ3n) is 3.03. The highest BCUT2D eigenvalue weighted by atomic mass is 16.1. The second-order valence-corrected chi connectivity index (χ2v) is 5.47. The van der Waals surface area contributed by atoms with Gasteiger partial charge in [0.05, 0.1) is 19.1 Å². The summed E-state index contributed by atoms with van der Waals surface area (Å²) in [6.07, 6.45) is 1.52. The summed E-state index contributed by atoms with van der Waals surface area (Å²) in [6.45, 7) is 4.01. The van der Waals surface area contributed by atoms with Gasteiger partial charge in [0.2, 0.25) is 0 Å². The largest absolute Gasteiger partial charge is 0.370 e. The van der Waals surface area contributed by atoms with E-state index >= 15 is 0 Å². The van der Waals surface area contributed by atoms with Crippen molar-refractivity contribution in [1.29, 1.82) is 5.41 Å². The number of nitrogens with zero attached hydrogens (tertiary/aromatic N) is 3. The second-order valence-electron chi connectivity index (χ2n) is 5.47. The predicted octanol–water partition coefficient (Wildman–Crippen LogP) is -0.225. The zero-order chi connectivity index (χ0) is 17.3. The minimum atomic E-state index is -0.295. The second kappa shape index (κ2) is 9.75. The van der Waals surface area contributed by atoms with Gasteiger partial charge >= 0.3 is 0 Å². The van der Waals surface area contributed by atoms with Gasteiger partial charge in [0.15, 0.2) is 23.5 Å². The number of carbonyl (C=O) groups excluding carboxylic acids is 2. The van der Waals surface area contributed by atoms with Crippen LogP contribution >= 0.6 is 0 Å². The summed E-state index contributed by atoms with van der Waals surface area (Å²) in [4.78, 5) is 30.5. The highest BCUT2D eigenvalue weighted by molar-refractivity contribution is 5.88. The van der Waals surface area contributed by atoms with Crippen molar-refractivity contribution >= 4 is 23.5 Å². The van der Waals surface area contributed by atoms with E-state index in [1.807, 2.05) is 6.92 Å². The molecule has 0 rings (SSSR count). The fraction of sp³-hybridized carbons (Fsp3) is 0.714. The number of rotatable bonds is 9. The average Bonchev–Trinajstić information content (AvgIpc) is 2.37. The van der Waals surface area contributed by atoms with Crippen molar-refractivity contribution in [3.05, 3.63) is 0 Å². The summed E-state index contributed by atoms with van der Waals surface area (Å²) in [6, 6.07) is -0.295. The maximum Gasteiger partial charge on any atom is 0.191 e. The number of hydrogen-bond donors (Lipinski definition) is 3. The van der Waals surface area contributed by atoms with Gasteiger partial charge in [-0.15, -0.1) is 0 Å². The lowest BCUT2D eigenvalue weighted by Gasteiger charge is -2.19. The Hall–Kier alpha value is -2.12. The monoisotopic (exact) mass is 312 g/mol. The van der Waals surface area contributed by atoms with E-state index in [2.05, 4.69) is 4.99 Å². The van der Waals surface area contributed by atoms with E-state index in [0.717, 1.165) is 6.42 Å². The van der Waals surface area contributed by atoms with Crippen molar-refractivity contribution in [3.63, 3.8) is 0 Å². The Bertz CT molecular complexity index is 435. The van der Waals surface area contributed by atoms with E-state index in [4.69, 9.17) is 16.9 Å². The van der Waals surface area contributed by atoms with Crippen LogP contribution in [0.1, 0.15) is 33.1 Å². The van der Waals surface area contributed by atoms with Crippen LogP contribution in [0.4, 0.5) is 0 Å². The van der Waals surface area contributed by atoms with E-state index in [1.165, 1.54) is 4.90 Å². The van der Waals surface area contributed by atoms with Crippen LogP contribution in [0, 0.1) is 5.41 Å². The molecule has 8 heteroatoms. The molecule has 0 amide bonds. The van der Waals surface area contributed by atoms with E-state index in [0.29, 0.717) is 6.42 Å². The van der Waals surface area contributed by atoms with Crippen LogP contribution in [-0.2, 0) is 9.59 Å². The number of nitrogens with two attached hydrogens (primary N) is 2. The topological polar surface area (TPSA) is 129 Å². The number of hydrogen-bond acceptors (Lipinski definition) is 4. The van der Waals surface area contributed by atoms with Crippen molar-refractivity contribution in [1.82, 2.24) is 9.80 Å². The van der Waals surface area contributed by atoms with Crippen LogP contribution in [-0.4, -0.2) is 66.5 Å². The van der Waals surface area contributed by atoms with Crippen LogP contribution in [0.2, 0.25) is 0 Å². The summed E-state index contributed by atoms with van der Waals surface area (Å²) < 4.78 is 0. The molecular formula is C14H28N6O2. The number of aliphatic imine (C=N–C) groups is 1. The Morgan fingerprint density at radius 1 is 1.14 bits per heavy atom. The van der Waals surface area contributed by atoms with E-state index < -0.39 is 0 Å². The minimum Gasteiger partial charge on any atom is -0.370 e. The fourth-order valence-electron chi connectivity index (χ4n) is 1.82. The number of nitrogens with one attached hydrogen (secondary N) is 1. The van der Waals surface area contributed by atoms with Gasteiger partial charge < -0.3 is 21.3 Å². The lowest BCUT2D eigenvalue weighted by molar-refractivity contribution is -0.120. The quantitative estimate of drug-likeness (QED) is 0.398. The molecule has 1 unspecified atom stereocenters. The molecule has 0 aliphatic rings. The number of ketones is 2. The average molecular weight is 312 g/mol. The number of guanidine groups is 2. The molecular weight excluding hydrogens is 284 g/mol. The first-order valence-corrected chi connectivity index (χ1v) is 7.30. The summed E-state index contributed by atoms with van der Waals surface area (Å²) in [5.41, 5.74) is 11.1. The van der Waals surface area contributed by atoms with Gasteiger partial charge in [-0.05, 0) is 13.3 Å². The summed E-state index contributed by atoms with van der Waals surface area (Å²) in [5, 5.41) is 7.21. The SMILES string of the molecule is CCCC(=O)CN(C)C(N)=NC(C)CC(=O)CN(C)C(=N)N. The van der Waals surface area contributed by atoms with Gasteiger partial charge in [-0.1, -0.05) is 6.92 Å². The Balaban J connectivity index is 4.42. The molecule has 0 aromatic carbocycles. The Labute approximate surface area is 132 Å². The van der Waals surface area contributed by atoms with Gasteiger partial charge in [-0.2, -0.15) is 0 Å². The molecule has 0 spiro atoms. The summed E-state index contributed by atoms with van der Waals surface area (Å²) in [5.74, 6) is 0.115. The molecule has 126 valence electrons. The lowest BCUT2D eigenvalue weighted by atomic mass is 10.1. The molecule has 0 radical (unpaired) electrons. The molecule has 0 aliphatic heterocycles. The van der Waals surface area contributed by atoms with Gasteiger partial charge in [0.25, 0.3) is 0 Å². The molecule has 22 heavy (non-hydrogen) atoms. The van der Waals surface area contributed by atoms with Gasteiger partial charge in [0.1, 0.15) is 0 Å². The zero-order valence-electron chi connectivity index (χ0n) is 13.9. The van der Waals surface area contributed by atoms with Crippen LogP contribution in [0.5, 0.6) is 0 Å². The van der Waals surface area contributed by atoms with Crippen LogP contribution < -0.4 is 11.5 Å². The van der Waals surface area contributed by atoms with E-state index in [9.17, 15) is 9.59 Å². The highest BCUT2D eigenvalue weighted by Gasteiger charge is 2.13. The molecule has 0 aromatic rings. The Morgan fingerprint density at radius 2 is 1.68 bits per heavy atom. The molecule has 0 saturated heterocycles. The van der Waals surface area contributed by atoms with Crippen molar-refractivity contribution in [3.8, 4) is 0 Å². The molecule has 1 atom stereocenters. The van der Waals surface area contributed by atoms with E-state index in [-0.39, 0.29) is 49.0 Å². The standard InChI is InChI=1S/C14H28N6O2/c1-5-6-11(21)8-20(4)14(17)18-10(2)7-12(22)9-19(3)13(15)16/h10H,5-9H2,1-4H3,(H3,15,16)(H2,17,18). The smallest absolute Gasteiger partial charge is 0.191 e. The normalized spacial score (nSPS) is 12.6. The summed E-state index contributed by atoms with van der Waals surface area (Å²) in [7, 11) is 3.28.